The van der Waals surface area contributed by atoms with Crippen molar-refractivity contribution in [3.63, 3.8) is 0 Å². The quantitative estimate of drug-likeness (QED) is 0.673. The van der Waals surface area contributed by atoms with Gasteiger partial charge in [0.25, 0.3) is 0 Å². The summed E-state index contributed by atoms with van der Waals surface area (Å²) < 4.78 is 35.8. The van der Waals surface area contributed by atoms with Crippen LogP contribution in [0.5, 0.6) is 11.5 Å². The van der Waals surface area contributed by atoms with Crippen LogP contribution in [0.25, 0.3) is 0 Å². The first-order chi connectivity index (χ1) is 12.9. The highest BCUT2D eigenvalue weighted by Gasteiger charge is 2.22. The monoisotopic (exact) mass is 390 g/mol. The number of methoxy groups -OCH3 is 1. The van der Waals surface area contributed by atoms with E-state index in [0.717, 1.165) is 5.56 Å². The topological polar surface area (TPSA) is 93.7 Å². The van der Waals surface area contributed by atoms with Gasteiger partial charge in [0.15, 0.2) is 11.5 Å². The van der Waals surface area contributed by atoms with Gasteiger partial charge in [-0.1, -0.05) is 6.07 Å². The molecule has 0 saturated heterocycles. The number of carbonyl (C=O) groups excluding carboxylic acids is 1. The molecule has 1 aliphatic carbocycles. The lowest BCUT2D eigenvalue weighted by atomic mass is 10.2. The zero-order valence-electron chi connectivity index (χ0n) is 15.2. The summed E-state index contributed by atoms with van der Waals surface area (Å²) in [6, 6.07) is 11.5. The standard InChI is InChI=1S/C19H22N2O5S/c1-13(22)21-16-6-8-17(9-7-16)27(23,24)26-19-11-14(3-10-18(19)25-2)12-20-15-4-5-15/h3,6-11,15,20H,4-5,12H2,1-2H3,(H,21,22). The van der Waals surface area contributed by atoms with Gasteiger partial charge in [0.2, 0.25) is 5.91 Å². The van der Waals surface area contributed by atoms with E-state index in [0.29, 0.717) is 24.0 Å². The largest absolute Gasteiger partial charge is 0.493 e. The van der Waals surface area contributed by atoms with Crippen LogP contribution in [0, 0.1) is 0 Å². The van der Waals surface area contributed by atoms with E-state index in [1.54, 1.807) is 12.1 Å². The molecule has 27 heavy (non-hydrogen) atoms. The molecule has 1 amide bonds. The number of amides is 1. The van der Waals surface area contributed by atoms with E-state index in [2.05, 4.69) is 10.6 Å². The summed E-state index contributed by atoms with van der Waals surface area (Å²) in [7, 11) is -2.58. The first kappa shape index (κ1) is 19.2. The first-order valence-corrected chi connectivity index (χ1v) is 10.0. The molecule has 7 nitrogen and oxygen atoms in total. The van der Waals surface area contributed by atoms with Gasteiger partial charge in [-0.15, -0.1) is 0 Å². The van der Waals surface area contributed by atoms with Crippen molar-refractivity contribution in [1.82, 2.24) is 5.32 Å². The summed E-state index contributed by atoms with van der Waals surface area (Å²) in [5, 5.41) is 5.96. The van der Waals surface area contributed by atoms with Crippen molar-refractivity contribution in [3.05, 3.63) is 48.0 Å². The molecule has 0 aliphatic heterocycles. The molecular weight excluding hydrogens is 368 g/mol. The van der Waals surface area contributed by atoms with Gasteiger partial charge in [0.1, 0.15) is 4.90 Å². The number of rotatable bonds is 8. The lowest BCUT2D eigenvalue weighted by Crippen LogP contribution is -2.16. The fourth-order valence-electron chi connectivity index (χ4n) is 2.52. The van der Waals surface area contributed by atoms with Gasteiger partial charge in [0, 0.05) is 25.2 Å². The molecule has 2 aromatic carbocycles. The Labute approximate surface area is 158 Å². The third kappa shape index (κ3) is 5.21. The zero-order chi connectivity index (χ0) is 19.4. The van der Waals surface area contributed by atoms with Crippen molar-refractivity contribution >= 4 is 21.7 Å². The molecule has 144 valence electrons. The lowest BCUT2D eigenvalue weighted by Gasteiger charge is -2.13. The molecule has 1 aliphatic rings. The van der Waals surface area contributed by atoms with E-state index in [-0.39, 0.29) is 16.6 Å². The Balaban J connectivity index is 1.78. The average molecular weight is 390 g/mol. The van der Waals surface area contributed by atoms with Crippen molar-refractivity contribution in [2.75, 3.05) is 12.4 Å². The number of ether oxygens (including phenoxy) is 1. The van der Waals surface area contributed by atoms with Crippen LogP contribution >= 0.6 is 0 Å². The average Bonchev–Trinajstić information content (AvgIpc) is 3.44. The maximum Gasteiger partial charge on any atom is 0.339 e. The van der Waals surface area contributed by atoms with E-state index in [1.807, 2.05) is 6.07 Å². The van der Waals surface area contributed by atoms with Crippen molar-refractivity contribution in [2.45, 2.75) is 37.2 Å². The molecular formula is C19H22N2O5S. The van der Waals surface area contributed by atoms with Gasteiger partial charge in [-0.3, -0.25) is 4.79 Å². The predicted molar refractivity (Wildman–Crippen MR) is 101 cm³/mol. The highest BCUT2D eigenvalue weighted by molar-refractivity contribution is 7.87. The first-order valence-electron chi connectivity index (χ1n) is 8.60. The Morgan fingerprint density at radius 2 is 1.81 bits per heavy atom. The second-order valence-electron chi connectivity index (χ2n) is 6.38. The maximum absolute atomic E-state index is 12.6. The number of carbonyl (C=O) groups is 1. The van der Waals surface area contributed by atoms with Gasteiger partial charge in [-0.2, -0.15) is 8.42 Å². The molecule has 2 N–H and O–H groups in total. The van der Waals surface area contributed by atoms with E-state index < -0.39 is 10.1 Å². The number of hydrogen-bond acceptors (Lipinski definition) is 6. The van der Waals surface area contributed by atoms with Crippen LogP contribution in [-0.4, -0.2) is 27.5 Å². The number of benzene rings is 2. The highest BCUT2D eigenvalue weighted by atomic mass is 32.2. The molecule has 0 unspecified atom stereocenters. The van der Waals surface area contributed by atoms with Gasteiger partial charge in [-0.25, -0.2) is 0 Å². The van der Waals surface area contributed by atoms with Crippen molar-refractivity contribution in [3.8, 4) is 11.5 Å². The Bertz CT molecular complexity index is 922. The highest BCUT2D eigenvalue weighted by Crippen LogP contribution is 2.31. The van der Waals surface area contributed by atoms with E-state index in [1.165, 1.54) is 51.1 Å². The molecule has 0 aromatic heterocycles. The van der Waals surface area contributed by atoms with Crippen molar-refractivity contribution in [2.24, 2.45) is 0 Å². The normalized spacial score (nSPS) is 13.9. The fourth-order valence-corrected chi connectivity index (χ4v) is 3.45. The lowest BCUT2D eigenvalue weighted by molar-refractivity contribution is -0.114. The summed E-state index contributed by atoms with van der Waals surface area (Å²) in [6.07, 6.45) is 2.34. The summed E-state index contributed by atoms with van der Waals surface area (Å²) in [5.41, 5.74) is 1.42. The van der Waals surface area contributed by atoms with Crippen LogP contribution in [0.1, 0.15) is 25.3 Å². The van der Waals surface area contributed by atoms with Crippen LogP contribution in [0.2, 0.25) is 0 Å². The molecule has 0 heterocycles. The Morgan fingerprint density at radius 3 is 2.41 bits per heavy atom. The van der Waals surface area contributed by atoms with Gasteiger partial charge in [-0.05, 0) is 54.8 Å². The number of nitrogens with one attached hydrogen (secondary N) is 2. The van der Waals surface area contributed by atoms with Gasteiger partial charge >= 0.3 is 10.1 Å². The Hall–Kier alpha value is -2.58. The van der Waals surface area contributed by atoms with Crippen LogP contribution in [0.3, 0.4) is 0 Å². The second-order valence-corrected chi connectivity index (χ2v) is 7.93. The van der Waals surface area contributed by atoms with Crippen molar-refractivity contribution in [1.29, 1.82) is 0 Å². The fraction of sp³-hybridized carbons (Fsp3) is 0.316. The molecule has 3 rings (SSSR count). The van der Waals surface area contributed by atoms with Crippen LogP contribution in [-0.2, 0) is 21.5 Å². The minimum atomic E-state index is -4.04. The van der Waals surface area contributed by atoms with E-state index in [4.69, 9.17) is 8.92 Å². The predicted octanol–water partition coefficient (Wildman–Crippen LogP) is 2.67. The third-order valence-electron chi connectivity index (χ3n) is 4.06. The smallest absolute Gasteiger partial charge is 0.339 e. The molecule has 0 spiro atoms. The summed E-state index contributed by atoms with van der Waals surface area (Å²) >= 11 is 0. The molecule has 0 radical (unpaired) electrons. The van der Waals surface area contributed by atoms with E-state index in [9.17, 15) is 13.2 Å². The third-order valence-corrected chi connectivity index (χ3v) is 5.31. The SMILES string of the molecule is COc1ccc(CNC2CC2)cc1OS(=O)(=O)c1ccc(NC(C)=O)cc1. The van der Waals surface area contributed by atoms with Crippen molar-refractivity contribution < 1.29 is 22.1 Å². The van der Waals surface area contributed by atoms with Crippen LogP contribution in [0.15, 0.2) is 47.4 Å². The number of anilines is 1. The van der Waals surface area contributed by atoms with E-state index >= 15 is 0 Å². The minimum absolute atomic E-state index is 0.0137. The van der Waals surface area contributed by atoms with Crippen LogP contribution < -0.4 is 19.6 Å². The molecule has 1 saturated carbocycles. The second kappa shape index (κ2) is 7.98. The minimum Gasteiger partial charge on any atom is -0.493 e. The summed E-state index contributed by atoms with van der Waals surface area (Å²) in [6.45, 7) is 2.02. The molecule has 1 fully saturated rings. The molecule has 2 aromatic rings. The Kier molecular flexibility index (Phi) is 5.67. The van der Waals surface area contributed by atoms with Gasteiger partial charge < -0.3 is 19.6 Å². The zero-order valence-corrected chi connectivity index (χ0v) is 16.0. The van der Waals surface area contributed by atoms with Crippen LogP contribution in [0.4, 0.5) is 5.69 Å². The molecule has 0 bridgehead atoms. The molecule has 0 atom stereocenters. The number of hydrogen-bond donors (Lipinski definition) is 2. The summed E-state index contributed by atoms with van der Waals surface area (Å²) in [5.74, 6) is 0.241. The maximum atomic E-state index is 12.6. The van der Waals surface area contributed by atoms with Gasteiger partial charge in [0.05, 0.1) is 7.11 Å². The summed E-state index contributed by atoms with van der Waals surface area (Å²) in [4.78, 5) is 11.1. The Morgan fingerprint density at radius 1 is 1.11 bits per heavy atom. The molecule has 8 heteroatoms.